The highest BCUT2D eigenvalue weighted by Crippen LogP contribution is 2.26. The average Bonchev–Trinajstić information content (AvgIpc) is 2.86. The summed E-state index contributed by atoms with van der Waals surface area (Å²) in [5, 5.41) is 12.0. The third kappa shape index (κ3) is 3.35. The number of carbonyl (C=O) groups excluding carboxylic acids is 1. The number of nitrogens with one attached hydrogen (secondary N) is 1. The van der Waals surface area contributed by atoms with Crippen LogP contribution in [0.3, 0.4) is 0 Å². The van der Waals surface area contributed by atoms with E-state index in [9.17, 15) is 14.7 Å². The lowest BCUT2D eigenvalue weighted by molar-refractivity contribution is -0.139. The average molecular weight is 290 g/mol. The van der Waals surface area contributed by atoms with Crippen molar-refractivity contribution < 1.29 is 14.7 Å². The summed E-state index contributed by atoms with van der Waals surface area (Å²) in [5.74, 6) is -1.05. The van der Waals surface area contributed by atoms with Gasteiger partial charge in [0.05, 0.1) is 0 Å². The fraction of sp³-hybridized carbons (Fsp3) is 0.500. The van der Waals surface area contributed by atoms with Crippen LogP contribution in [0.5, 0.6) is 0 Å². The number of hydrogen-bond donors (Lipinski definition) is 2. The molecule has 0 bridgehead atoms. The molecule has 2 unspecified atom stereocenters. The molecule has 21 heavy (non-hydrogen) atoms. The van der Waals surface area contributed by atoms with Crippen molar-refractivity contribution in [2.45, 2.75) is 51.2 Å². The summed E-state index contributed by atoms with van der Waals surface area (Å²) < 4.78 is 0. The molecule has 2 N–H and O–H groups in total. The third-order valence-corrected chi connectivity index (χ3v) is 4.14. The quantitative estimate of drug-likeness (QED) is 0.896. The van der Waals surface area contributed by atoms with Gasteiger partial charge in [0, 0.05) is 12.1 Å². The summed E-state index contributed by atoms with van der Waals surface area (Å²) >= 11 is 0. The minimum atomic E-state index is -1.05. The molecule has 5 nitrogen and oxygen atoms in total. The van der Waals surface area contributed by atoms with Crippen LogP contribution in [0.4, 0.5) is 4.79 Å². The Hall–Kier alpha value is -2.04. The van der Waals surface area contributed by atoms with Crippen molar-refractivity contribution in [3.05, 3.63) is 35.9 Å². The van der Waals surface area contributed by atoms with Crippen molar-refractivity contribution in [1.82, 2.24) is 10.2 Å². The van der Waals surface area contributed by atoms with Gasteiger partial charge in [-0.05, 0) is 31.7 Å². The number of likely N-dealkylation sites (tertiary alicyclic amines) is 1. The highest BCUT2D eigenvalue weighted by Gasteiger charge is 2.35. The second-order valence-corrected chi connectivity index (χ2v) is 5.53. The first kappa shape index (κ1) is 15.4. The van der Waals surface area contributed by atoms with Crippen LogP contribution in [0, 0.1) is 0 Å². The van der Waals surface area contributed by atoms with Gasteiger partial charge >= 0.3 is 12.0 Å². The topological polar surface area (TPSA) is 69.6 Å². The van der Waals surface area contributed by atoms with Gasteiger partial charge in [-0.3, -0.25) is 0 Å². The van der Waals surface area contributed by atoms with Crippen LogP contribution in [0.1, 0.15) is 44.7 Å². The maximum absolute atomic E-state index is 12.5. The smallest absolute Gasteiger partial charge is 0.330 e. The summed E-state index contributed by atoms with van der Waals surface area (Å²) in [6, 6.07) is 7.83. The van der Waals surface area contributed by atoms with E-state index in [1.54, 1.807) is 29.2 Å². The number of amides is 2. The fourth-order valence-electron chi connectivity index (χ4n) is 2.97. The molecular formula is C16H22N2O3. The molecule has 0 aliphatic carbocycles. The lowest BCUT2D eigenvalue weighted by atomic mass is 10.1. The zero-order chi connectivity index (χ0) is 15.4. The second-order valence-electron chi connectivity index (χ2n) is 5.53. The Morgan fingerprint density at radius 3 is 2.57 bits per heavy atom. The minimum Gasteiger partial charge on any atom is -0.479 e. The SMILES string of the molecule is CCC1CCC(C)N1C(=O)N[C@@H](C(=O)O)c1ccccc1. The number of carboxylic acids is 1. The fourth-order valence-corrected chi connectivity index (χ4v) is 2.97. The van der Waals surface area contributed by atoms with E-state index in [2.05, 4.69) is 12.2 Å². The Bertz CT molecular complexity index is 504. The molecule has 1 saturated heterocycles. The molecule has 0 radical (unpaired) electrons. The van der Waals surface area contributed by atoms with Crippen molar-refractivity contribution >= 4 is 12.0 Å². The van der Waals surface area contributed by atoms with Gasteiger partial charge in [0.1, 0.15) is 0 Å². The van der Waals surface area contributed by atoms with Gasteiger partial charge in [-0.1, -0.05) is 37.3 Å². The standard InChI is InChI=1S/C16H22N2O3/c1-3-13-10-9-11(2)18(13)16(21)17-14(15(19)20)12-7-5-4-6-8-12/h4-8,11,13-14H,3,9-10H2,1-2H3,(H,17,21)(H,19,20)/t11?,13?,14-/m1/s1. The molecule has 1 heterocycles. The van der Waals surface area contributed by atoms with E-state index in [-0.39, 0.29) is 18.1 Å². The number of aliphatic carboxylic acids is 1. The molecule has 0 saturated carbocycles. The van der Waals surface area contributed by atoms with Crippen LogP contribution in [0.15, 0.2) is 30.3 Å². The summed E-state index contributed by atoms with van der Waals surface area (Å²) in [6.07, 6.45) is 2.84. The first-order chi connectivity index (χ1) is 10.0. The van der Waals surface area contributed by atoms with E-state index < -0.39 is 12.0 Å². The number of hydrogen-bond acceptors (Lipinski definition) is 2. The molecule has 114 valence electrons. The predicted molar refractivity (Wildman–Crippen MR) is 80.0 cm³/mol. The first-order valence-electron chi connectivity index (χ1n) is 7.41. The first-order valence-corrected chi connectivity index (χ1v) is 7.41. The Labute approximate surface area is 125 Å². The lowest BCUT2D eigenvalue weighted by Crippen LogP contribution is -2.48. The van der Waals surface area contributed by atoms with Gasteiger partial charge < -0.3 is 15.3 Å². The van der Waals surface area contributed by atoms with Crippen LogP contribution in [0.2, 0.25) is 0 Å². The van der Waals surface area contributed by atoms with Gasteiger partial charge in [-0.2, -0.15) is 0 Å². The molecule has 5 heteroatoms. The number of rotatable bonds is 4. The van der Waals surface area contributed by atoms with E-state index in [0.29, 0.717) is 5.56 Å². The largest absolute Gasteiger partial charge is 0.479 e. The molecule has 0 spiro atoms. The van der Waals surface area contributed by atoms with Crippen molar-refractivity contribution in [3.8, 4) is 0 Å². The summed E-state index contributed by atoms with van der Waals surface area (Å²) in [6.45, 7) is 4.06. The van der Waals surface area contributed by atoms with Crippen LogP contribution < -0.4 is 5.32 Å². The van der Waals surface area contributed by atoms with Crippen molar-refractivity contribution in [3.63, 3.8) is 0 Å². The molecule has 1 fully saturated rings. The highest BCUT2D eigenvalue weighted by atomic mass is 16.4. The Morgan fingerprint density at radius 2 is 2.00 bits per heavy atom. The minimum absolute atomic E-state index is 0.153. The monoisotopic (exact) mass is 290 g/mol. The van der Waals surface area contributed by atoms with Gasteiger partial charge in [0.25, 0.3) is 0 Å². The maximum Gasteiger partial charge on any atom is 0.330 e. The van der Waals surface area contributed by atoms with E-state index >= 15 is 0 Å². The molecule has 1 aromatic carbocycles. The Kier molecular flexibility index (Phi) is 4.83. The van der Waals surface area contributed by atoms with E-state index in [0.717, 1.165) is 19.3 Å². The number of carbonyl (C=O) groups is 2. The number of nitrogens with zero attached hydrogens (tertiary/aromatic N) is 1. The van der Waals surface area contributed by atoms with Crippen molar-refractivity contribution in [1.29, 1.82) is 0 Å². The molecule has 1 aromatic rings. The summed E-state index contributed by atoms with van der Waals surface area (Å²) in [7, 11) is 0. The molecule has 1 aliphatic rings. The van der Waals surface area contributed by atoms with Gasteiger partial charge in [-0.25, -0.2) is 9.59 Å². The van der Waals surface area contributed by atoms with E-state index in [4.69, 9.17) is 0 Å². The van der Waals surface area contributed by atoms with Gasteiger partial charge in [-0.15, -0.1) is 0 Å². The van der Waals surface area contributed by atoms with E-state index in [1.807, 2.05) is 13.0 Å². The lowest BCUT2D eigenvalue weighted by Gasteiger charge is -2.29. The van der Waals surface area contributed by atoms with Crippen molar-refractivity contribution in [2.75, 3.05) is 0 Å². The number of urea groups is 1. The van der Waals surface area contributed by atoms with Crippen LogP contribution >= 0.6 is 0 Å². The van der Waals surface area contributed by atoms with Crippen LogP contribution in [-0.4, -0.2) is 34.1 Å². The zero-order valence-electron chi connectivity index (χ0n) is 12.5. The van der Waals surface area contributed by atoms with Crippen molar-refractivity contribution in [2.24, 2.45) is 0 Å². The normalized spacial score (nSPS) is 22.9. The molecule has 3 atom stereocenters. The predicted octanol–water partition coefficient (Wildman–Crippen LogP) is 2.78. The summed E-state index contributed by atoms with van der Waals surface area (Å²) in [5.41, 5.74) is 0.582. The molecule has 0 aromatic heterocycles. The maximum atomic E-state index is 12.5. The number of carboxylic acid groups (broad SMARTS) is 1. The molecule has 1 aliphatic heterocycles. The second kappa shape index (κ2) is 6.61. The molecule has 2 rings (SSSR count). The van der Waals surface area contributed by atoms with Crippen LogP contribution in [0.25, 0.3) is 0 Å². The summed E-state index contributed by atoms with van der Waals surface area (Å²) in [4.78, 5) is 25.7. The molecule has 2 amide bonds. The van der Waals surface area contributed by atoms with Gasteiger partial charge in [0.2, 0.25) is 0 Å². The van der Waals surface area contributed by atoms with Crippen LogP contribution in [-0.2, 0) is 4.79 Å². The van der Waals surface area contributed by atoms with Gasteiger partial charge in [0.15, 0.2) is 6.04 Å². The highest BCUT2D eigenvalue weighted by molar-refractivity contribution is 5.84. The number of benzene rings is 1. The Morgan fingerprint density at radius 1 is 1.33 bits per heavy atom. The molecular weight excluding hydrogens is 268 g/mol. The third-order valence-electron chi connectivity index (χ3n) is 4.14. The Balaban J connectivity index is 2.14. The zero-order valence-corrected chi connectivity index (χ0v) is 12.5. The van der Waals surface area contributed by atoms with E-state index in [1.165, 1.54) is 0 Å².